The highest BCUT2D eigenvalue weighted by Crippen LogP contribution is 2.46. The van der Waals surface area contributed by atoms with E-state index in [1.165, 1.54) is 7.11 Å². The van der Waals surface area contributed by atoms with Gasteiger partial charge in [-0.15, -0.1) is 0 Å². The Labute approximate surface area is 325 Å². The minimum atomic E-state index is -1.14. The lowest BCUT2D eigenvalue weighted by molar-refractivity contribution is -0.139. The van der Waals surface area contributed by atoms with Crippen LogP contribution >= 0.6 is 0 Å². The number of aliphatic hydroxyl groups excluding tert-OH is 1. The summed E-state index contributed by atoms with van der Waals surface area (Å²) in [6.45, 7) is 14.9. The van der Waals surface area contributed by atoms with E-state index < -0.39 is 58.6 Å². The Hall–Kier alpha value is -4.94. The molecule has 3 aromatic carbocycles. The number of alkyl carbamates (subject to hydrolysis) is 2. The van der Waals surface area contributed by atoms with Gasteiger partial charge in [0.1, 0.15) is 11.6 Å². The Balaban J connectivity index is 1.57. The van der Waals surface area contributed by atoms with Crippen molar-refractivity contribution in [1.29, 1.82) is 0 Å². The van der Waals surface area contributed by atoms with Gasteiger partial charge in [-0.2, -0.15) is 0 Å². The summed E-state index contributed by atoms with van der Waals surface area (Å²) in [6, 6.07) is 25.5. The fraction of sp³-hybridized carbons (Fsp3) is 0.488. The van der Waals surface area contributed by atoms with Crippen molar-refractivity contribution in [3.8, 4) is 11.1 Å². The van der Waals surface area contributed by atoms with Crippen LogP contribution in [0.3, 0.4) is 0 Å². The number of aliphatic hydroxyl groups is 1. The highest BCUT2D eigenvalue weighted by atomic mass is 16.6. The number of nitrogens with zero attached hydrogens (tertiary/aromatic N) is 1. The molecule has 0 saturated heterocycles. The van der Waals surface area contributed by atoms with Gasteiger partial charge in [-0.25, -0.2) is 14.6 Å². The van der Waals surface area contributed by atoms with Crippen LogP contribution in [0.5, 0.6) is 0 Å². The van der Waals surface area contributed by atoms with Crippen LogP contribution in [-0.4, -0.2) is 77.6 Å². The van der Waals surface area contributed by atoms with Crippen molar-refractivity contribution in [3.63, 3.8) is 0 Å². The molecule has 3 aromatic rings. The van der Waals surface area contributed by atoms with Crippen LogP contribution in [0, 0.1) is 16.7 Å². The molecule has 5 atom stereocenters. The van der Waals surface area contributed by atoms with E-state index in [0.717, 1.165) is 22.3 Å². The first-order valence-electron chi connectivity index (χ1n) is 18.8. The summed E-state index contributed by atoms with van der Waals surface area (Å²) in [7, 11) is 1.23. The summed E-state index contributed by atoms with van der Waals surface area (Å²) in [6.07, 6.45) is -1.69. The maximum absolute atomic E-state index is 13.9. The van der Waals surface area contributed by atoms with Crippen molar-refractivity contribution < 1.29 is 33.8 Å². The molecule has 12 heteroatoms. The predicted molar refractivity (Wildman–Crippen MR) is 212 cm³/mol. The van der Waals surface area contributed by atoms with Gasteiger partial charge in [0.15, 0.2) is 0 Å². The molecule has 0 bridgehead atoms. The number of hydrogen-bond acceptors (Lipinski definition) is 8. The first-order valence-corrected chi connectivity index (χ1v) is 18.8. The van der Waals surface area contributed by atoms with Crippen LogP contribution in [0.15, 0.2) is 84.9 Å². The van der Waals surface area contributed by atoms with Gasteiger partial charge >= 0.3 is 12.2 Å². The Bertz CT molecular complexity index is 1740. The van der Waals surface area contributed by atoms with Gasteiger partial charge in [0, 0.05) is 25.0 Å². The van der Waals surface area contributed by atoms with Crippen molar-refractivity contribution in [3.05, 3.63) is 96.1 Å². The minimum absolute atomic E-state index is 0.0596. The number of hydrogen-bond donors (Lipinski definition) is 5. The number of benzene rings is 3. The van der Waals surface area contributed by atoms with Crippen LogP contribution < -0.4 is 21.4 Å². The van der Waals surface area contributed by atoms with E-state index in [2.05, 4.69) is 21.4 Å². The fourth-order valence-corrected chi connectivity index (χ4v) is 6.73. The Morgan fingerprint density at radius 1 is 0.818 bits per heavy atom. The van der Waals surface area contributed by atoms with Gasteiger partial charge in [0.2, 0.25) is 5.91 Å². The topological polar surface area (TPSA) is 158 Å². The summed E-state index contributed by atoms with van der Waals surface area (Å²) < 4.78 is 10.2. The van der Waals surface area contributed by atoms with Crippen molar-refractivity contribution in [1.82, 2.24) is 26.4 Å². The third-order valence-corrected chi connectivity index (χ3v) is 10.1. The quantitative estimate of drug-likeness (QED) is 0.126. The first-order chi connectivity index (χ1) is 25.8. The van der Waals surface area contributed by atoms with Gasteiger partial charge in [-0.3, -0.25) is 15.0 Å². The molecule has 0 aromatic heterocycles. The van der Waals surface area contributed by atoms with E-state index in [1.54, 1.807) is 25.8 Å². The molecule has 4 rings (SSSR count). The maximum atomic E-state index is 13.9. The molecule has 0 aliphatic heterocycles. The summed E-state index contributed by atoms with van der Waals surface area (Å²) in [5.74, 6) is -1.17. The van der Waals surface area contributed by atoms with Crippen LogP contribution in [0.25, 0.3) is 11.1 Å². The second kappa shape index (κ2) is 18.1. The number of ether oxygens (including phenoxy) is 2. The highest BCUT2D eigenvalue weighted by Gasteiger charge is 2.53. The molecule has 1 fully saturated rings. The zero-order valence-corrected chi connectivity index (χ0v) is 33.6. The van der Waals surface area contributed by atoms with Gasteiger partial charge in [-0.05, 0) is 66.7 Å². The highest BCUT2D eigenvalue weighted by molar-refractivity contribution is 5.86. The second-order valence-electron chi connectivity index (χ2n) is 17.0. The van der Waals surface area contributed by atoms with E-state index >= 15 is 0 Å². The molecule has 298 valence electrons. The van der Waals surface area contributed by atoms with Crippen molar-refractivity contribution in [2.75, 3.05) is 13.7 Å². The molecule has 5 N–H and O–H groups in total. The molecule has 12 nitrogen and oxygen atoms in total. The zero-order chi connectivity index (χ0) is 40.6. The summed E-state index contributed by atoms with van der Waals surface area (Å²) in [4.78, 5) is 52.6. The van der Waals surface area contributed by atoms with Crippen LogP contribution in [-0.2, 0) is 32.0 Å². The van der Waals surface area contributed by atoms with E-state index in [9.17, 15) is 24.3 Å². The third-order valence-electron chi connectivity index (χ3n) is 10.1. The normalized spacial score (nSPS) is 18.2. The monoisotopic (exact) mass is 757 g/mol. The average molecular weight is 758 g/mol. The largest absolute Gasteiger partial charge is 0.453 e. The molecular weight excluding hydrogens is 699 g/mol. The van der Waals surface area contributed by atoms with E-state index in [0.29, 0.717) is 12.8 Å². The van der Waals surface area contributed by atoms with Crippen molar-refractivity contribution in [2.24, 2.45) is 16.7 Å². The lowest BCUT2D eigenvalue weighted by atomic mass is 9.58. The number of nitrogens with one attached hydrogen (secondary N) is 4. The molecule has 0 unspecified atom stereocenters. The summed E-state index contributed by atoms with van der Waals surface area (Å²) >= 11 is 0. The number of carbonyl (C=O) groups excluding carboxylic acids is 4. The standard InChI is InChI=1S/C43H59N5O7/c1-41(2,3)36(46-39(52)54-9)38(51)47-48(26-29-20-22-31(23-21-29)30-18-14-11-15-19-30)27-34(49)33(24-28-16-12-10-13-17-28)44-37(50)32-25-35(43(32,7)8)45-40(53)55-42(4,5)6/h10-23,32-36,49H,24-27H2,1-9H3,(H,44,50)(H,45,53)(H,46,52)(H,47,51)/t32-,33+,34+,35-,36-/m1/s1. The second-order valence-corrected chi connectivity index (χ2v) is 17.0. The molecular formula is C43H59N5O7. The Morgan fingerprint density at radius 3 is 1.95 bits per heavy atom. The Kier molecular flexibility index (Phi) is 14.1. The van der Waals surface area contributed by atoms with Gasteiger partial charge in [0.05, 0.1) is 19.3 Å². The smallest absolute Gasteiger partial charge is 0.407 e. The SMILES string of the molecule is COC(=O)N[C@H](C(=O)NN(Cc1ccc(-c2ccccc2)cc1)C[C@H](O)[C@H](Cc1ccccc1)NC(=O)[C@H]1C[C@@H](NC(=O)OC(C)(C)C)C1(C)C)C(C)(C)C. The zero-order valence-electron chi connectivity index (χ0n) is 33.6. The lowest BCUT2D eigenvalue weighted by Crippen LogP contribution is -2.64. The van der Waals surface area contributed by atoms with Gasteiger partial charge in [0.25, 0.3) is 5.91 Å². The molecule has 0 radical (unpaired) electrons. The molecule has 1 saturated carbocycles. The van der Waals surface area contributed by atoms with E-state index in [1.807, 2.05) is 120 Å². The average Bonchev–Trinajstić information content (AvgIpc) is 3.11. The first kappa shape index (κ1) is 42.8. The summed E-state index contributed by atoms with van der Waals surface area (Å²) in [5.41, 5.74) is 4.90. The summed E-state index contributed by atoms with van der Waals surface area (Å²) in [5, 5.41) is 22.2. The van der Waals surface area contributed by atoms with Crippen LogP contribution in [0.1, 0.15) is 72.9 Å². The molecule has 0 spiro atoms. The Morgan fingerprint density at radius 2 is 1.40 bits per heavy atom. The van der Waals surface area contributed by atoms with Crippen LogP contribution in [0.2, 0.25) is 0 Å². The van der Waals surface area contributed by atoms with E-state index in [4.69, 9.17) is 9.47 Å². The van der Waals surface area contributed by atoms with Gasteiger partial charge < -0.3 is 30.5 Å². The molecule has 0 heterocycles. The van der Waals surface area contributed by atoms with Crippen molar-refractivity contribution in [2.45, 2.75) is 105 Å². The molecule has 55 heavy (non-hydrogen) atoms. The number of methoxy groups -OCH3 is 1. The predicted octanol–water partition coefficient (Wildman–Crippen LogP) is 5.99. The maximum Gasteiger partial charge on any atom is 0.407 e. The molecule has 4 amide bonds. The van der Waals surface area contributed by atoms with Crippen LogP contribution in [0.4, 0.5) is 9.59 Å². The van der Waals surface area contributed by atoms with Gasteiger partial charge in [-0.1, -0.05) is 120 Å². The number of amides is 4. The van der Waals surface area contributed by atoms with E-state index in [-0.39, 0.29) is 25.0 Å². The minimum Gasteiger partial charge on any atom is -0.453 e. The molecule has 1 aliphatic carbocycles. The fourth-order valence-electron chi connectivity index (χ4n) is 6.73. The third kappa shape index (κ3) is 12.3. The molecule has 1 aliphatic rings. The van der Waals surface area contributed by atoms with Crippen molar-refractivity contribution >= 4 is 24.0 Å². The number of rotatable bonds is 14. The lowest BCUT2D eigenvalue weighted by Gasteiger charge is -2.51. The number of hydrazine groups is 1. The number of carbonyl (C=O) groups is 4.